The number of pyridine rings is 1. The molecule has 3 aromatic rings. The van der Waals surface area contributed by atoms with E-state index in [2.05, 4.69) is 10.3 Å². The lowest BCUT2D eigenvalue weighted by molar-refractivity contribution is -0.118. The van der Waals surface area contributed by atoms with Crippen molar-refractivity contribution >= 4 is 21.6 Å². The summed E-state index contributed by atoms with van der Waals surface area (Å²) in [5, 5.41) is 2.95. The Morgan fingerprint density at radius 2 is 1.81 bits per heavy atom. The molecule has 31 heavy (non-hydrogen) atoms. The van der Waals surface area contributed by atoms with Crippen molar-refractivity contribution in [3.05, 3.63) is 71.8 Å². The van der Waals surface area contributed by atoms with E-state index in [0.717, 1.165) is 29.7 Å². The zero-order valence-corrected chi connectivity index (χ0v) is 18.5. The Hall–Kier alpha value is -3.19. The smallest absolute Gasteiger partial charge is 0.236 e. The van der Waals surface area contributed by atoms with Crippen LogP contribution in [-0.2, 0) is 20.0 Å². The SMILES string of the molecule is COc1ccc(C2(C(=O)Nc3ccc(C)c(-c4cccc(S(C)(=O)=O)c4)n3)CC2)cc1.[HH].[HH]. The number of methoxy groups -OCH3 is 1. The molecule has 0 saturated heterocycles. The maximum atomic E-state index is 13.1. The van der Waals surface area contributed by atoms with Gasteiger partial charge < -0.3 is 10.1 Å². The number of carbonyl (C=O) groups is 1. The van der Waals surface area contributed by atoms with E-state index < -0.39 is 15.3 Å². The highest BCUT2D eigenvalue weighted by Gasteiger charge is 2.51. The van der Waals surface area contributed by atoms with Gasteiger partial charge in [-0.15, -0.1) is 0 Å². The first-order chi connectivity index (χ1) is 14.7. The number of benzene rings is 2. The van der Waals surface area contributed by atoms with Gasteiger partial charge in [0.15, 0.2) is 9.84 Å². The van der Waals surface area contributed by atoms with Crippen molar-refractivity contribution in [2.24, 2.45) is 0 Å². The Kier molecular flexibility index (Phi) is 5.31. The summed E-state index contributed by atoms with van der Waals surface area (Å²) in [5.41, 5.74) is 2.62. The fraction of sp³-hybridized carbons (Fsp3) is 0.250. The van der Waals surface area contributed by atoms with E-state index in [-0.39, 0.29) is 13.7 Å². The summed E-state index contributed by atoms with van der Waals surface area (Å²) in [6, 6.07) is 17.9. The van der Waals surface area contributed by atoms with Crippen molar-refractivity contribution in [3.63, 3.8) is 0 Å². The molecule has 0 radical (unpaired) electrons. The Morgan fingerprint density at radius 1 is 1.10 bits per heavy atom. The van der Waals surface area contributed by atoms with E-state index in [4.69, 9.17) is 4.74 Å². The van der Waals surface area contributed by atoms with Crippen LogP contribution in [0.3, 0.4) is 0 Å². The number of nitrogens with one attached hydrogen (secondary N) is 1. The second-order valence-electron chi connectivity index (χ2n) is 7.93. The lowest BCUT2D eigenvalue weighted by atomic mass is 9.95. The summed E-state index contributed by atoms with van der Waals surface area (Å²) in [5.74, 6) is 1.10. The van der Waals surface area contributed by atoms with Crippen LogP contribution in [0, 0.1) is 6.92 Å². The predicted octanol–water partition coefficient (Wildman–Crippen LogP) is 4.63. The third-order valence-electron chi connectivity index (χ3n) is 5.70. The summed E-state index contributed by atoms with van der Waals surface area (Å²) in [4.78, 5) is 18.0. The fourth-order valence-corrected chi connectivity index (χ4v) is 4.35. The van der Waals surface area contributed by atoms with Crippen LogP contribution in [0.2, 0.25) is 0 Å². The normalized spacial score (nSPS) is 14.7. The molecular formula is C24H28N2O4S. The van der Waals surface area contributed by atoms with E-state index in [1.54, 1.807) is 31.4 Å². The van der Waals surface area contributed by atoms with Crippen LogP contribution in [0.5, 0.6) is 5.75 Å². The molecule has 1 N–H and O–H groups in total. The van der Waals surface area contributed by atoms with Crippen molar-refractivity contribution in [3.8, 4) is 17.0 Å². The highest BCUT2D eigenvalue weighted by molar-refractivity contribution is 7.90. The number of ether oxygens (including phenoxy) is 1. The number of hydrogen-bond acceptors (Lipinski definition) is 5. The largest absolute Gasteiger partial charge is 0.497 e. The van der Waals surface area contributed by atoms with Gasteiger partial charge in [-0.2, -0.15) is 0 Å². The lowest BCUT2D eigenvalue weighted by Gasteiger charge is -2.17. The third kappa shape index (κ3) is 4.18. The van der Waals surface area contributed by atoms with Crippen LogP contribution in [0.1, 0.15) is 26.8 Å². The number of anilines is 1. The van der Waals surface area contributed by atoms with E-state index in [1.165, 1.54) is 6.26 Å². The topological polar surface area (TPSA) is 85.4 Å². The minimum absolute atomic E-state index is 0. The molecule has 0 atom stereocenters. The van der Waals surface area contributed by atoms with Crippen molar-refractivity contribution in [1.29, 1.82) is 0 Å². The first kappa shape index (κ1) is 21.1. The maximum absolute atomic E-state index is 13.1. The predicted molar refractivity (Wildman–Crippen MR) is 124 cm³/mol. The van der Waals surface area contributed by atoms with Crippen LogP contribution in [0.25, 0.3) is 11.3 Å². The number of amides is 1. The zero-order chi connectivity index (χ0) is 22.2. The average molecular weight is 441 g/mol. The van der Waals surface area contributed by atoms with Crippen LogP contribution in [0.4, 0.5) is 5.82 Å². The first-order valence-corrected chi connectivity index (χ1v) is 11.9. The fourth-order valence-electron chi connectivity index (χ4n) is 3.68. The van der Waals surface area contributed by atoms with Gasteiger partial charge in [-0.1, -0.05) is 30.3 Å². The number of nitrogens with zero attached hydrogens (tertiary/aromatic N) is 1. The van der Waals surface area contributed by atoms with Gasteiger partial charge >= 0.3 is 0 Å². The summed E-state index contributed by atoms with van der Waals surface area (Å²) >= 11 is 0. The van der Waals surface area contributed by atoms with Gasteiger partial charge in [0.25, 0.3) is 0 Å². The van der Waals surface area contributed by atoms with E-state index >= 15 is 0 Å². The van der Waals surface area contributed by atoms with Crippen LogP contribution in [-0.4, -0.2) is 32.7 Å². The minimum atomic E-state index is -3.33. The van der Waals surface area contributed by atoms with Crippen LogP contribution < -0.4 is 10.1 Å². The molecule has 1 saturated carbocycles. The molecule has 1 aromatic heterocycles. The summed E-state index contributed by atoms with van der Waals surface area (Å²) in [7, 11) is -1.72. The second kappa shape index (κ2) is 7.81. The third-order valence-corrected chi connectivity index (χ3v) is 6.81. The molecule has 0 spiro atoms. The van der Waals surface area contributed by atoms with Gasteiger partial charge in [0.2, 0.25) is 5.91 Å². The Morgan fingerprint density at radius 3 is 2.42 bits per heavy atom. The number of hydrogen-bond donors (Lipinski definition) is 1. The minimum Gasteiger partial charge on any atom is -0.497 e. The first-order valence-electron chi connectivity index (χ1n) is 9.97. The molecule has 7 heteroatoms. The van der Waals surface area contributed by atoms with Gasteiger partial charge in [-0.3, -0.25) is 4.79 Å². The molecule has 1 amide bonds. The average Bonchev–Trinajstić information content (AvgIpc) is 3.57. The Bertz CT molecular complexity index is 1260. The molecule has 0 aliphatic heterocycles. The van der Waals surface area contributed by atoms with Crippen molar-refractivity contribution in [1.82, 2.24) is 4.98 Å². The maximum Gasteiger partial charge on any atom is 0.236 e. The van der Waals surface area contributed by atoms with Gasteiger partial charge in [0.1, 0.15) is 11.6 Å². The number of rotatable bonds is 6. The molecule has 1 heterocycles. The molecule has 1 fully saturated rings. The Labute approximate surface area is 185 Å². The Balaban J connectivity index is 0.00000193. The van der Waals surface area contributed by atoms with E-state index in [9.17, 15) is 13.2 Å². The molecule has 6 nitrogen and oxygen atoms in total. The summed E-state index contributed by atoms with van der Waals surface area (Å²) in [6.07, 6.45) is 2.73. The molecule has 1 aliphatic carbocycles. The molecule has 4 rings (SSSR count). The number of sulfone groups is 1. The van der Waals surface area contributed by atoms with Crippen molar-refractivity contribution in [2.75, 3.05) is 18.7 Å². The second-order valence-corrected chi connectivity index (χ2v) is 9.94. The summed E-state index contributed by atoms with van der Waals surface area (Å²) in [6.45, 7) is 1.90. The monoisotopic (exact) mass is 440 g/mol. The van der Waals surface area contributed by atoms with Crippen LogP contribution in [0.15, 0.2) is 65.6 Å². The van der Waals surface area contributed by atoms with Gasteiger partial charge in [-0.25, -0.2) is 13.4 Å². The number of aryl methyl sites for hydroxylation is 1. The molecular weight excluding hydrogens is 412 g/mol. The van der Waals surface area contributed by atoms with Gasteiger partial charge in [0.05, 0.1) is 23.1 Å². The highest BCUT2D eigenvalue weighted by atomic mass is 32.2. The molecule has 0 bridgehead atoms. The highest BCUT2D eigenvalue weighted by Crippen LogP contribution is 2.49. The quantitative estimate of drug-likeness (QED) is 0.604. The van der Waals surface area contributed by atoms with E-state index in [1.807, 2.05) is 43.3 Å². The molecule has 1 aliphatic rings. The standard InChI is InChI=1S/C24H24N2O4S.2H2/c1-16-7-12-21(25-22(16)17-5-4-6-20(15-17)31(3,28)29)26-23(27)24(13-14-24)18-8-10-19(30-2)11-9-18;;/h4-12,15H,13-14H2,1-3H3,(H,25,26,27);2*1H. The van der Waals surface area contributed by atoms with Gasteiger partial charge in [0, 0.05) is 14.7 Å². The van der Waals surface area contributed by atoms with E-state index in [0.29, 0.717) is 17.1 Å². The van der Waals surface area contributed by atoms with Crippen LogP contribution >= 0.6 is 0 Å². The summed E-state index contributed by atoms with van der Waals surface area (Å²) < 4.78 is 29.0. The number of aromatic nitrogens is 1. The zero-order valence-electron chi connectivity index (χ0n) is 17.7. The number of carbonyl (C=O) groups excluding carboxylic acids is 1. The van der Waals surface area contributed by atoms with Crippen molar-refractivity contribution in [2.45, 2.75) is 30.1 Å². The molecule has 164 valence electrons. The molecule has 2 aromatic carbocycles. The van der Waals surface area contributed by atoms with Crippen molar-refractivity contribution < 1.29 is 20.8 Å². The molecule has 0 unspecified atom stereocenters. The van der Waals surface area contributed by atoms with Gasteiger partial charge in [-0.05, 0) is 61.2 Å². The lowest BCUT2D eigenvalue weighted by Crippen LogP contribution is -2.28.